The summed E-state index contributed by atoms with van der Waals surface area (Å²) in [6.07, 6.45) is -1.02. The number of carboxylic acid groups (broad SMARTS) is 1. The van der Waals surface area contributed by atoms with Gasteiger partial charge in [-0.1, -0.05) is 115 Å². The first-order chi connectivity index (χ1) is 31.6. The highest BCUT2D eigenvalue weighted by atomic mass is 16.6. The quantitative estimate of drug-likeness (QED) is 0.0278. The van der Waals surface area contributed by atoms with Crippen LogP contribution in [-0.4, -0.2) is 94.5 Å². The van der Waals surface area contributed by atoms with E-state index in [4.69, 9.17) is 14.2 Å². The highest BCUT2D eigenvalue weighted by Crippen LogP contribution is 2.47. The van der Waals surface area contributed by atoms with Crippen molar-refractivity contribution in [3.8, 4) is 11.5 Å². The normalized spacial score (nSPS) is 14.9. The van der Waals surface area contributed by atoms with E-state index in [9.17, 15) is 29.9 Å². The SMILES string of the molecule is CCOC(=O)C1=C(CN(CC(C)(C)N(CC(O)COc2ccccc2OC)C(c2ccccc2)(c2ccccc2)c2ccccc2)C(C)C)NC(C)=C(C(=O)O)C1c1cccc([N+](=O)[O-])c1. The Kier molecular flexibility index (Phi) is 15.8. The van der Waals surface area contributed by atoms with Crippen molar-refractivity contribution in [2.24, 2.45) is 0 Å². The number of non-ortho nitro benzene ring substituents is 1. The maximum Gasteiger partial charge on any atom is 0.336 e. The minimum atomic E-state index is -1.28. The average Bonchev–Trinajstić information content (AvgIpc) is 3.31. The Morgan fingerprint density at radius 1 is 0.818 bits per heavy atom. The van der Waals surface area contributed by atoms with Gasteiger partial charge in [-0.05, 0) is 75.9 Å². The molecule has 0 spiro atoms. The molecule has 6 rings (SSSR count). The Morgan fingerprint density at radius 2 is 1.36 bits per heavy atom. The Hall–Kier alpha value is -6.80. The molecule has 2 unspecified atom stereocenters. The predicted molar refractivity (Wildman–Crippen MR) is 254 cm³/mol. The van der Waals surface area contributed by atoms with Gasteiger partial charge < -0.3 is 29.7 Å². The molecule has 0 fully saturated rings. The lowest BCUT2D eigenvalue weighted by molar-refractivity contribution is -0.384. The number of hydrogen-bond donors (Lipinski definition) is 3. The number of carbonyl (C=O) groups is 2. The number of aliphatic hydroxyl groups excluding tert-OH is 1. The van der Waals surface area contributed by atoms with Crippen molar-refractivity contribution in [2.75, 3.05) is 40.0 Å². The van der Waals surface area contributed by atoms with Gasteiger partial charge in [0.15, 0.2) is 11.5 Å². The van der Waals surface area contributed by atoms with Gasteiger partial charge in [-0.25, -0.2) is 9.59 Å². The zero-order chi connectivity index (χ0) is 47.6. The molecule has 0 saturated heterocycles. The molecular weight excluding hydrogens is 837 g/mol. The average molecular weight is 897 g/mol. The van der Waals surface area contributed by atoms with E-state index in [1.54, 1.807) is 39.2 Å². The van der Waals surface area contributed by atoms with E-state index in [-0.39, 0.29) is 54.7 Å². The molecule has 66 heavy (non-hydrogen) atoms. The first-order valence-corrected chi connectivity index (χ1v) is 22.1. The molecule has 0 radical (unpaired) electrons. The van der Waals surface area contributed by atoms with Gasteiger partial charge in [0, 0.05) is 54.7 Å². The van der Waals surface area contributed by atoms with E-state index < -0.39 is 40.0 Å². The minimum absolute atomic E-state index is 0.0158. The van der Waals surface area contributed by atoms with Crippen LogP contribution < -0.4 is 14.8 Å². The summed E-state index contributed by atoms with van der Waals surface area (Å²) < 4.78 is 17.4. The van der Waals surface area contributed by atoms with Crippen LogP contribution in [0.15, 0.2) is 162 Å². The molecule has 3 N–H and O–H groups in total. The summed E-state index contributed by atoms with van der Waals surface area (Å²) in [5.74, 6) is -2.15. The van der Waals surface area contributed by atoms with Gasteiger partial charge in [0.05, 0.1) is 41.2 Å². The largest absolute Gasteiger partial charge is 0.493 e. The number of nitro benzene ring substituents is 1. The van der Waals surface area contributed by atoms with Crippen LogP contribution >= 0.6 is 0 Å². The van der Waals surface area contributed by atoms with Crippen molar-refractivity contribution >= 4 is 17.6 Å². The van der Waals surface area contributed by atoms with E-state index in [1.807, 2.05) is 80.6 Å². The van der Waals surface area contributed by atoms with Crippen molar-refractivity contribution in [3.05, 3.63) is 194 Å². The van der Waals surface area contributed by atoms with E-state index in [0.29, 0.717) is 29.4 Å². The summed E-state index contributed by atoms with van der Waals surface area (Å²) >= 11 is 0. The van der Waals surface area contributed by atoms with Gasteiger partial charge in [0.2, 0.25) is 0 Å². The molecule has 0 amide bonds. The Morgan fingerprint density at radius 3 is 1.86 bits per heavy atom. The Labute approximate surface area is 387 Å². The van der Waals surface area contributed by atoms with Gasteiger partial charge in [0.1, 0.15) is 12.7 Å². The second kappa shape index (κ2) is 21.5. The lowest BCUT2D eigenvalue weighted by atomic mass is 9.73. The van der Waals surface area contributed by atoms with Crippen molar-refractivity contribution in [1.82, 2.24) is 15.1 Å². The lowest BCUT2D eigenvalue weighted by Gasteiger charge is -2.55. The summed E-state index contributed by atoms with van der Waals surface area (Å²) in [6, 6.07) is 43.5. The number of dihydropyridines is 1. The zero-order valence-corrected chi connectivity index (χ0v) is 38.6. The summed E-state index contributed by atoms with van der Waals surface area (Å²) in [6.45, 7) is 12.2. The lowest BCUT2D eigenvalue weighted by Crippen LogP contribution is -2.64. The van der Waals surface area contributed by atoms with Gasteiger partial charge in [-0.15, -0.1) is 0 Å². The molecule has 0 bridgehead atoms. The number of para-hydroxylation sites is 2. The molecule has 5 aromatic rings. The third-order valence-electron chi connectivity index (χ3n) is 12.1. The predicted octanol–water partition coefficient (Wildman–Crippen LogP) is 8.69. The summed E-state index contributed by atoms with van der Waals surface area (Å²) in [5, 5.41) is 38.1. The molecule has 1 aliphatic rings. The Bertz CT molecular complexity index is 2430. The van der Waals surface area contributed by atoms with Crippen molar-refractivity contribution < 1.29 is 38.9 Å². The second-order valence-corrected chi connectivity index (χ2v) is 17.2. The van der Waals surface area contributed by atoms with Crippen LogP contribution in [0.5, 0.6) is 11.5 Å². The minimum Gasteiger partial charge on any atom is -0.493 e. The highest BCUT2D eigenvalue weighted by Gasteiger charge is 2.49. The fourth-order valence-corrected chi connectivity index (χ4v) is 9.14. The van der Waals surface area contributed by atoms with Gasteiger partial charge in [0.25, 0.3) is 5.69 Å². The number of ether oxygens (including phenoxy) is 3. The molecule has 0 aliphatic carbocycles. The first-order valence-electron chi connectivity index (χ1n) is 22.1. The van der Waals surface area contributed by atoms with Crippen LogP contribution in [0, 0.1) is 10.1 Å². The van der Waals surface area contributed by atoms with Gasteiger partial charge in [-0.2, -0.15) is 0 Å². The first kappa shape index (κ1) is 48.7. The van der Waals surface area contributed by atoms with Crippen LogP contribution in [0.3, 0.4) is 0 Å². The number of carboxylic acids is 1. The van der Waals surface area contributed by atoms with Crippen molar-refractivity contribution in [3.63, 3.8) is 0 Å². The highest BCUT2D eigenvalue weighted by molar-refractivity contribution is 5.99. The number of rotatable bonds is 21. The molecule has 0 saturated carbocycles. The van der Waals surface area contributed by atoms with Crippen molar-refractivity contribution in [1.29, 1.82) is 0 Å². The fourth-order valence-electron chi connectivity index (χ4n) is 9.14. The third kappa shape index (κ3) is 10.5. The number of nitrogens with one attached hydrogen (secondary N) is 1. The summed E-state index contributed by atoms with van der Waals surface area (Å²) in [4.78, 5) is 43.2. The standard InChI is InChI=1S/C53H60N4O9/c1-8-65-51(61)49-44(54-37(4)47(50(59)60)48(49)38-21-20-28-42(31-38)57(62)63)33-55(36(2)3)35-52(5,6)56(32-43(58)34-66-46-30-19-18-29-45(46)64-7)53(39-22-12-9-13-23-39,40-24-14-10-15-25-40)41-26-16-11-17-27-41/h9-31,36,43,48,54,58H,8,32-35H2,1-7H3,(H,59,60). The molecule has 13 heteroatoms. The van der Waals surface area contributed by atoms with Crippen LogP contribution in [0.1, 0.15) is 69.7 Å². The maximum absolute atomic E-state index is 14.2. The monoisotopic (exact) mass is 896 g/mol. The van der Waals surface area contributed by atoms with Gasteiger partial charge in [-0.3, -0.25) is 19.9 Å². The summed E-state index contributed by atoms with van der Waals surface area (Å²) in [7, 11) is 1.57. The smallest absolute Gasteiger partial charge is 0.336 e. The Balaban J connectivity index is 1.52. The molecule has 1 heterocycles. The number of aliphatic hydroxyl groups is 1. The number of carbonyl (C=O) groups excluding carboxylic acids is 1. The molecular formula is C53H60N4O9. The van der Waals surface area contributed by atoms with Gasteiger partial charge >= 0.3 is 11.9 Å². The maximum atomic E-state index is 14.2. The number of esters is 1. The number of allylic oxidation sites excluding steroid dienone is 1. The van der Waals surface area contributed by atoms with Crippen LogP contribution in [0.4, 0.5) is 5.69 Å². The number of nitro groups is 1. The van der Waals surface area contributed by atoms with E-state index in [1.165, 1.54) is 18.2 Å². The van der Waals surface area contributed by atoms with Crippen LogP contribution in [0.25, 0.3) is 0 Å². The molecule has 2 atom stereocenters. The number of β-amino-alcohol motifs (C(OH)–C–C–N with tert-alkyl or cyclic N) is 1. The second-order valence-electron chi connectivity index (χ2n) is 17.2. The number of benzene rings is 5. The number of hydrogen-bond acceptors (Lipinski definition) is 11. The molecule has 0 aromatic heterocycles. The van der Waals surface area contributed by atoms with E-state index in [0.717, 1.165) is 16.7 Å². The molecule has 13 nitrogen and oxygen atoms in total. The fraction of sp³-hybridized carbons (Fsp3) is 0.321. The van der Waals surface area contributed by atoms with E-state index in [2.05, 4.69) is 65.4 Å². The van der Waals surface area contributed by atoms with Crippen molar-refractivity contribution in [2.45, 2.75) is 70.7 Å². The summed E-state index contributed by atoms with van der Waals surface area (Å²) in [5.41, 5.74) is 1.74. The molecule has 1 aliphatic heterocycles. The van der Waals surface area contributed by atoms with E-state index >= 15 is 0 Å². The van der Waals surface area contributed by atoms with Crippen LogP contribution in [-0.2, 0) is 19.9 Å². The number of nitrogens with zero attached hydrogens (tertiary/aromatic N) is 3. The van der Waals surface area contributed by atoms with Crippen LogP contribution in [0.2, 0.25) is 0 Å². The number of aliphatic carboxylic acids is 1. The number of methoxy groups -OCH3 is 1. The molecule has 346 valence electrons. The topological polar surface area (TPSA) is 164 Å². The molecule has 5 aromatic carbocycles. The zero-order valence-electron chi connectivity index (χ0n) is 38.6. The third-order valence-corrected chi connectivity index (χ3v) is 12.1.